The minimum atomic E-state index is -0.149. The Kier molecular flexibility index (Phi) is 7.30. The number of carbonyl (C=O) groups excluding carboxylic acids is 2. The van der Waals surface area contributed by atoms with Crippen LogP contribution in [0.4, 0.5) is 10.5 Å². The van der Waals surface area contributed by atoms with E-state index in [4.69, 9.17) is 4.74 Å². The van der Waals surface area contributed by atoms with Gasteiger partial charge in [-0.05, 0) is 55.5 Å². The minimum Gasteiger partial charge on any atom is -0.497 e. The Labute approximate surface area is 190 Å². The number of para-hydroxylation sites is 1. The van der Waals surface area contributed by atoms with E-state index in [9.17, 15) is 9.59 Å². The van der Waals surface area contributed by atoms with Crippen molar-refractivity contribution in [3.63, 3.8) is 0 Å². The van der Waals surface area contributed by atoms with E-state index < -0.39 is 0 Å². The predicted molar refractivity (Wildman–Crippen MR) is 126 cm³/mol. The number of piperidine rings is 1. The lowest BCUT2D eigenvalue weighted by atomic mass is 9.94. The van der Waals surface area contributed by atoms with Crippen LogP contribution in [0.5, 0.6) is 5.75 Å². The third-order valence-electron chi connectivity index (χ3n) is 6.62. The summed E-state index contributed by atoms with van der Waals surface area (Å²) in [4.78, 5) is 30.3. The van der Waals surface area contributed by atoms with Crippen molar-refractivity contribution in [1.29, 1.82) is 0 Å². The first kappa shape index (κ1) is 22.2. The monoisotopic (exact) mass is 435 g/mol. The van der Waals surface area contributed by atoms with Crippen LogP contribution in [0.25, 0.3) is 0 Å². The van der Waals surface area contributed by atoms with Crippen molar-refractivity contribution < 1.29 is 14.3 Å². The average Bonchev–Trinajstić information content (AvgIpc) is 3.10. The van der Waals surface area contributed by atoms with Gasteiger partial charge in [0, 0.05) is 25.3 Å². The second-order valence-electron chi connectivity index (χ2n) is 8.75. The normalized spacial score (nSPS) is 21.5. The number of amides is 3. The van der Waals surface area contributed by atoms with Crippen molar-refractivity contribution in [2.45, 2.75) is 44.6 Å². The highest BCUT2D eigenvalue weighted by Gasteiger charge is 2.35. The van der Waals surface area contributed by atoms with Crippen molar-refractivity contribution in [3.8, 4) is 5.75 Å². The number of nitrogens with one attached hydrogen (secondary N) is 1. The number of urea groups is 1. The molecule has 2 aromatic carbocycles. The number of hydrogen-bond donors (Lipinski definition) is 1. The van der Waals surface area contributed by atoms with E-state index in [2.05, 4.69) is 22.3 Å². The van der Waals surface area contributed by atoms with Gasteiger partial charge in [-0.2, -0.15) is 0 Å². The van der Waals surface area contributed by atoms with Crippen LogP contribution in [-0.4, -0.2) is 48.5 Å². The zero-order valence-corrected chi connectivity index (χ0v) is 18.8. The third kappa shape index (κ3) is 5.23. The lowest BCUT2D eigenvalue weighted by Crippen LogP contribution is -2.48. The van der Waals surface area contributed by atoms with Crippen LogP contribution in [0.15, 0.2) is 54.6 Å². The maximum Gasteiger partial charge on any atom is 0.321 e. The minimum absolute atomic E-state index is 0.0874. The molecule has 0 aliphatic carbocycles. The topological polar surface area (TPSA) is 61.9 Å². The molecule has 6 nitrogen and oxygen atoms in total. The molecule has 2 aliphatic heterocycles. The van der Waals surface area contributed by atoms with E-state index in [-0.39, 0.29) is 23.9 Å². The number of methoxy groups -OCH3 is 1. The van der Waals surface area contributed by atoms with Gasteiger partial charge in [-0.25, -0.2) is 4.79 Å². The summed E-state index contributed by atoms with van der Waals surface area (Å²) in [6.45, 7) is 1.94. The van der Waals surface area contributed by atoms with Gasteiger partial charge >= 0.3 is 6.03 Å². The van der Waals surface area contributed by atoms with Crippen LogP contribution < -0.4 is 10.1 Å². The molecule has 2 atom stereocenters. The number of hydrogen-bond acceptors (Lipinski definition) is 3. The molecule has 170 valence electrons. The van der Waals surface area contributed by atoms with E-state index in [0.29, 0.717) is 13.1 Å². The van der Waals surface area contributed by atoms with Crippen molar-refractivity contribution in [2.75, 3.05) is 32.1 Å². The number of benzene rings is 2. The lowest BCUT2D eigenvalue weighted by Gasteiger charge is -2.37. The Morgan fingerprint density at radius 2 is 1.69 bits per heavy atom. The van der Waals surface area contributed by atoms with Crippen LogP contribution in [0.1, 0.15) is 50.1 Å². The Morgan fingerprint density at radius 3 is 2.44 bits per heavy atom. The van der Waals surface area contributed by atoms with Crippen molar-refractivity contribution in [3.05, 3.63) is 60.2 Å². The van der Waals surface area contributed by atoms with Gasteiger partial charge < -0.3 is 19.9 Å². The second-order valence-corrected chi connectivity index (χ2v) is 8.75. The molecule has 0 aromatic heterocycles. The summed E-state index contributed by atoms with van der Waals surface area (Å²) in [5, 5.41) is 2.96. The van der Waals surface area contributed by atoms with Gasteiger partial charge in [0.2, 0.25) is 5.91 Å². The van der Waals surface area contributed by atoms with E-state index in [1.54, 1.807) is 12.0 Å². The molecule has 2 aromatic rings. The summed E-state index contributed by atoms with van der Waals surface area (Å²) >= 11 is 0. The molecule has 2 saturated heterocycles. The zero-order chi connectivity index (χ0) is 22.3. The van der Waals surface area contributed by atoms with E-state index in [0.717, 1.165) is 62.1 Å². The van der Waals surface area contributed by atoms with Crippen molar-refractivity contribution in [2.24, 2.45) is 5.92 Å². The SMILES string of the molecule is COc1ccc([C@@H]2CCCCCN2C(=O)[C@@H]2CCCN(C(=O)Nc3ccccc3)C2)cc1. The number of nitrogens with zero attached hydrogens (tertiary/aromatic N) is 2. The number of ether oxygens (including phenoxy) is 1. The number of anilines is 1. The van der Waals surface area contributed by atoms with E-state index in [1.165, 1.54) is 0 Å². The Bertz CT molecular complexity index is 900. The average molecular weight is 436 g/mol. The van der Waals surface area contributed by atoms with Gasteiger partial charge in [0.25, 0.3) is 0 Å². The molecule has 4 rings (SSSR count). The van der Waals surface area contributed by atoms with Gasteiger partial charge in [0.1, 0.15) is 5.75 Å². The zero-order valence-electron chi connectivity index (χ0n) is 18.8. The molecule has 2 heterocycles. The first-order valence-electron chi connectivity index (χ1n) is 11.7. The molecule has 2 fully saturated rings. The van der Waals surface area contributed by atoms with E-state index >= 15 is 0 Å². The quantitative estimate of drug-likeness (QED) is 0.728. The summed E-state index contributed by atoms with van der Waals surface area (Å²) in [5.74, 6) is 0.863. The molecule has 0 unspecified atom stereocenters. The smallest absolute Gasteiger partial charge is 0.321 e. The fraction of sp³-hybridized carbons (Fsp3) is 0.462. The molecule has 32 heavy (non-hydrogen) atoms. The van der Waals surface area contributed by atoms with Gasteiger partial charge in [-0.1, -0.05) is 43.2 Å². The molecule has 6 heteroatoms. The fourth-order valence-corrected chi connectivity index (χ4v) is 4.87. The van der Waals surface area contributed by atoms with Crippen LogP contribution in [0.2, 0.25) is 0 Å². The van der Waals surface area contributed by atoms with Gasteiger partial charge in [-0.3, -0.25) is 4.79 Å². The largest absolute Gasteiger partial charge is 0.497 e. The van der Waals surface area contributed by atoms with Crippen LogP contribution in [0.3, 0.4) is 0 Å². The van der Waals surface area contributed by atoms with Crippen molar-refractivity contribution >= 4 is 17.6 Å². The molecule has 0 saturated carbocycles. The summed E-state index contributed by atoms with van der Waals surface area (Å²) in [7, 11) is 1.67. The first-order chi connectivity index (χ1) is 15.7. The first-order valence-corrected chi connectivity index (χ1v) is 11.7. The lowest BCUT2D eigenvalue weighted by molar-refractivity contribution is -0.139. The Balaban J connectivity index is 1.46. The second kappa shape index (κ2) is 10.5. The molecule has 2 aliphatic rings. The summed E-state index contributed by atoms with van der Waals surface area (Å²) in [6, 6.07) is 17.5. The standard InChI is InChI=1S/C26H33N3O3/c1-32-23-15-13-20(14-16-23)24-12-6-3-7-18-29(24)25(30)21-9-8-17-28(19-21)26(31)27-22-10-4-2-5-11-22/h2,4-5,10-11,13-16,21,24H,3,6-9,12,17-19H2,1H3,(H,27,31)/t21-,24+/m1/s1. The van der Waals surface area contributed by atoms with Crippen LogP contribution >= 0.6 is 0 Å². The Hall–Kier alpha value is -3.02. The van der Waals surface area contributed by atoms with E-state index in [1.807, 2.05) is 42.5 Å². The maximum absolute atomic E-state index is 13.7. The maximum atomic E-state index is 13.7. The predicted octanol–water partition coefficient (Wildman–Crippen LogP) is 5.08. The van der Waals surface area contributed by atoms with Crippen molar-refractivity contribution in [1.82, 2.24) is 9.80 Å². The molecule has 0 radical (unpaired) electrons. The highest BCUT2D eigenvalue weighted by Crippen LogP contribution is 2.33. The molecular weight excluding hydrogens is 402 g/mol. The van der Waals surface area contributed by atoms with Gasteiger partial charge in [-0.15, -0.1) is 0 Å². The summed E-state index contributed by atoms with van der Waals surface area (Å²) < 4.78 is 5.30. The molecule has 0 spiro atoms. The highest BCUT2D eigenvalue weighted by molar-refractivity contribution is 5.90. The summed E-state index contributed by atoms with van der Waals surface area (Å²) in [6.07, 6.45) is 5.95. The van der Waals surface area contributed by atoms with Gasteiger partial charge in [0.05, 0.1) is 19.1 Å². The molecule has 3 amide bonds. The number of likely N-dealkylation sites (tertiary alicyclic amines) is 2. The number of carbonyl (C=O) groups is 2. The van der Waals surface area contributed by atoms with Crippen LogP contribution in [-0.2, 0) is 4.79 Å². The Morgan fingerprint density at radius 1 is 0.906 bits per heavy atom. The fourth-order valence-electron chi connectivity index (χ4n) is 4.87. The highest BCUT2D eigenvalue weighted by atomic mass is 16.5. The van der Waals surface area contributed by atoms with Crippen LogP contribution in [0, 0.1) is 5.92 Å². The number of rotatable bonds is 4. The molecular formula is C26H33N3O3. The molecule has 0 bridgehead atoms. The molecule has 1 N–H and O–H groups in total. The van der Waals surface area contributed by atoms with Gasteiger partial charge in [0.15, 0.2) is 0 Å². The third-order valence-corrected chi connectivity index (χ3v) is 6.62. The summed E-state index contributed by atoms with van der Waals surface area (Å²) in [5.41, 5.74) is 1.94.